The number of amides is 1. The first-order valence-corrected chi connectivity index (χ1v) is 5.47. The molecule has 5 heteroatoms. The van der Waals surface area contributed by atoms with Crippen LogP contribution in [0.4, 0.5) is 0 Å². The van der Waals surface area contributed by atoms with E-state index in [1.54, 1.807) is 0 Å². The Bertz CT molecular complexity index is 372. The molecule has 0 fully saturated rings. The van der Waals surface area contributed by atoms with Crippen LogP contribution in [-0.4, -0.2) is 35.4 Å². The Morgan fingerprint density at radius 1 is 1.41 bits per heavy atom. The van der Waals surface area contributed by atoms with E-state index in [1.807, 2.05) is 13.8 Å². The molecule has 1 aromatic rings. The lowest BCUT2D eigenvalue weighted by Gasteiger charge is -2.13. The summed E-state index contributed by atoms with van der Waals surface area (Å²) in [7, 11) is 0. The molecule has 1 unspecified atom stereocenters. The van der Waals surface area contributed by atoms with E-state index >= 15 is 0 Å². The van der Waals surface area contributed by atoms with Crippen LogP contribution in [0.1, 0.15) is 24.2 Å². The number of phenolic OH excluding ortho intramolecular Hbond substituents is 2. The van der Waals surface area contributed by atoms with Crippen LogP contribution in [0.15, 0.2) is 18.2 Å². The number of aromatic hydroxyl groups is 2. The molecule has 0 heterocycles. The minimum atomic E-state index is -0.521. The molecular formula is C12H17NO4. The smallest absolute Gasteiger partial charge is 0.258 e. The van der Waals surface area contributed by atoms with E-state index in [0.29, 0.717) is 13.2 Å². The molecule has 0 aromatic heterocycles. The van der Waals surface area contributed by atoms with Crippen molar-refractivity contribution in [1.29, 1.82) is 0 Å². The van der Waals surface area contributed by atoms with Gasteiger partial charge in [-0.05, 0) is 26.0 Å². The van der Waals surface area contributed by atoms with Crippen LogP contribution in [-0.2, 0) is 4.74 Å². The highest BCUT2D eigenvalue weighted by molar-refractivity contribution is 5.99. The highest BCUT2D eigenvalue weighted by Crippen LogP contribution is 2.25. The van der Waals surface area contributed by atoms with Gasteiger partial charge in [-0.15, -0.1) is 0 Å². The molecule has 1 rings (SSSR count). The van der Waals surface area contributed by atoms with Crippen molar-refractivity contribution in [2.24, 2.45) is 0 Å². The second-order valence-electron chi connectivity index (χ2n) is 3.65. The topological polar surface area (TPSA) is 78.8 Å². The van der Waals surface area contributed by atoms with Gasteiger partial charge < -0.3 is 20.3 Å². The van der Waals surface area contributed by atoms with Crippen molar-refractivity contribution >= 4 is 5.91 Å². The minimum absolute atomic E-state index is 0.114. The van der Waals surface area contributed by atoms with Gasteiger partial charge in [0.05, 0.1) is 6.10 Å². The Labute approximate surface area is 100 Å². The molecule has 0 aliphatic rings. The average Bonchev–Trinajstić information content (AvgIpc) is 2.26. The molecule has 1 aromatic carbocycles. The zero-order valence-corrected chi connectivity index (χ0v) is 9.93. The number of benzene rings is 1. The Morgan fingerprint density at radius 2 is 2.00 bits per heavy atom. The Morgan fingerprint density at radius 3 is 2.53 bits per heavy atom. The van der Waals surface area contributed by atoms with Gasteiger partial charge in [0.2, 0.25) is 0 Å². The lowest BCUT2D eigenvalue weighted by atomic mass is 10.1. The van der Waals surface area contributed by atoms with Crippen molar-refractivity contribution in [1.82, 2.24) is 5.32 Å². The standard InChI is InChI=1S/C12H17NO4/c1-3-17-8(2)7-13-12(16)11-9(14)5-4-6-10(11)15/h4-6,8,14-15H,3,7H2,1-2H3,(H,13,16). The predicted molar refractivity (Wildman–Crippen MR) is 63.2 cm³/mol. The number of phenols is 2. The quantitative estimate of drug-likeness (QED) is 0.722. The van der Waals surface area contributed by atoms with Crippen LogP contribution in [0.2, 0.25) is 0 Å². The van der Waals surface area contributed by atoms with Crippen LogP contribution in [0, 0.1) is 0 Å². The molecule has 0 bridgehead atoms. The Kier molecular flexibility index (Phi) is 4.78. The van der Waals surface area contributed by atoms with Crippen LogP contribution in [0.3, 0.4) is 0 Å². The first-order chi connectivity index (χ1) is 8.06. The van der Waals surface area contributed by atoms with Crippen molar-refractivity contribution < 1.29 is 19.7 Å². The van der Waals surface area contributed by atoms with E-state index in [4.69, 9.17) is 4.74 Å². The molecule has 0 aliphatic heterocycles. The van der Waals surface area contributed by atoms with Gasteiger partial charge in [-0.2, -0.15) is 0 Å². The second-order valence-corrected chi connectivity index (χ2v) is 3.65. The summed E-state index contributed by atoms with van der Waals surface area (Å²) in [5.74, 6) is -1.01. The van der Waals surface area contributed by atoms with Crippen molar-refractivity contribution in [3.05, 3.63) is 23.8 Å². The average molecular weight is 239 g/mol. The number of carbonyl (C=O) groups excluding carboxylic acids is 1. The zero-order valence-electron chi connectivity index (χ0n) is 9.93. The number of hydrogen-bond donors (Lipinski definition) is 3. The van der Waals surface area contributed by atoms with Gasteiger partial charge in [0.15, 0.2) is 0 Å². The van der Waals surface area contributed by atoms with Gasteiger partial charge >= 0.3 is 0 Å². The van der Waals surface area contributed by atoms with Gasteiger partial charge in [-0.1, -0.05) is 6.07 Å². The third-order valence-corrected chi connectivity index (χ3v) is 2.25. The fraction of sp³-hybridized carbons (Fsp3) is 0.417. The van der Waals surface area contributed by atoms with Gasteiger partial charge in [0, 0.05) is 13.2 Å². The van der Waals surface area contributed by atoms with Gasteiger partial charge in [0.25, 0.3) is 5.91 Å². The molecule has 0 spiro atoms. The maximum absolute atomic E-state index is 11.7. The molecule has 1 amide bonds. The number of hydrogen-bond acceptors (Lipinski definition) is 4. The summed E-state index contributed by atoms with van der Waals surface area (Å²) in [5.41, 5.74) is -0.115. The van der Waals surface area contributed by atoms with Crippen LogP contribution >= 0.6 is 0 Å². The molecule has 1 atom stereocenters. The summed E-state index contributed by atoms with van der Waals surface area (Å²) < 4.78 is 5.25. The highest BCUT2D eigenvalue weighted by atomic mass is 16.5. The molecule has 5 nitrogen and oxygen atoms in total. The monoisotopic (exact) mass is 239 g/mol. The zero-order chi connectivity index (χ0) is 12.8. The third kappa shape index (κ3) is 3.64. The normalized spacial score (nSPS) is 12.1. The fourth-order valence-corrected chi connectivity index (χ4v) is 1.43. The first-order valence-electron chi connectivity index (χ1n) is 5.47. The summed E-state index contributed by atoms with van der Waals surface area (Å²) in [4.78, 5) is 11.7. The SMILES string of the molecule is CCOC(C)CNC(=O)c1c(O)cccc1O. The van der Waals surface area contributed by atoms with E-state index < -0.39 is 5.91 Å². The van der Waals surface area contributed by atoms with Gasteiger partial charge in [0.1, 0.15) is 17.1 Å². The fourth-order valence-electron chi connectivity index (χ4n) is 1.43. The molecule has 0 saturated heterocycles. The van der Waals surface area contributed by atoms with Crippen molar-refractivity contribution in [3.8, 4) is 11.5 Å². The van der Waals surface area contributed by atoms with Gasteiger partial charge in [-0.3, -0.25) is 4.79 Å². The summed E-state index contributed by atoms with van der Waals surface area (Å²) in [6, 6.07) is 4.16. The molecule has 94 valence electrons. The van der Waals surface area contributed by atoms with Crippen molar-refractivity contribution in [2.75, 3.05) is 13.2 Å². The lowest BCUT2D eigenvalue weighted by Crippen LogP contribution is -2.32. The van der Waals surface area contributed by atoms with Crippen molar-refractivity contribution in [3.63, 3.8) is 0 Å². The highest BCUT2D eigenvalue weighted by Gasteiger charge is 2.16. The second kappa shape index (κ2) is 6.10. The maximum atomic E-state index is 11.7. The van der Waals surface area contributed by atoms with Crippen LogP contribution in [0.5, 0.6) is 11.5 Å². The molecule has 3 N–H and O–H groups in total. The lowest BCUT2D eigenvalue weighted by molar-refractivity contribution is 0.0693. The molecule has 0 saturated carbocycles. The molecule has 0 aliphatic carbocycles. The number of rotatable bonds is 5. The van der Waals surface area contributed by atoms with Gasteiger partial charge in [-0.25, -0.2) is 0 Å². The van der Waals surface area contributed by atoms with E-state index in [9.17, 15) is 15.0 Å². The van der Waals surface area contributed by atoms with E-state index in [0.717, 1.165) is 0 Å². The Hall–Kier alpha value is -1.75. The Balaban J connectivity index is 2.64. The number of ether oxygens (including phenoxy) is 1. The predicted octanol–water partition coefficient (Wildman–Crippen LogP) is 1.25. The largest absolute Gasteiger partial charge is 0.507 e. The number of carbonyl (C=O) groups is 1. The van der Waals surface area contributed by atoms with Crippen LogP contribution < -0.4 is 5.32 Å². The molecular weight excluding hydrogens is 222 g/mol. The first kappa shape index (κ1) is 13.3. The summed E-state index contributed by atoms with van der Waals surface area (Å²) >= 11 is 0. The molecule has 0 radical (unpaired) electrons. The summed E-state index contributed by atoms with van der Waals surface area (Å²) in [6.07, 6.45) is -0.114. The molecule has 17 heavy (non-hydrogen) atoms. The summed E-state index contributed by atoms with van der Waals surface area (Å²) in [5, 5.41) is 21.5. The third-order valence-electron chi connectivity index (χ3n) is 2.25. The van der Waals surface area contributed by atoms with Crippen molar-refractivity contribution in [2.45, 2.75) is 20.0 Å². The van der Waals surface area contributed by atoms with E-state index in [1.165, 1.54) is 18.2 Å². The summed E-state index contributed by atoms with van der Waals surface area (Å²) in [6.45, 7) is 4.58. The number of nitrogens with one attached hydrogen (secondary N) is 1. The minimum Gasteiger partial charge on any atom is -0.507 e. The maximum Gasteiger partial charge on any atom is 0.258 e. The van der Waals surface area contributed by atoms with E-state index in [-0.39, 0.29) is 23.2 Å². The van der Waals surface area contributed by atoms with E-state index in [2.05, 4.69) is 5.32 Å². The van der Waals surface area contributed by atoms with Crippen LogP contribution in [0.25, 0.3) is 0 Å².